The zero-order valence-corrected chi connectivity index (χ0v) is 16.0. The molecule has 2 N–H and O–H groups in total. The van der Waals surface area contributed by atoms with Crippen molar-refractivity contribution in [3.63, 3.8) is 0 Å². The second kappa shape index (κ2) is 11.4. The molecule has 26 heavy (non-hydrogen) atoms. The highest BCUT2D eigenvalue weighted by molar-refractivity contribution is 6.31. The first kappa shape index (κ1) is 20.1. The van der Waals surface area contributed by atoms with Crippen LogP contribution < -0.4 is 15.4 Å². The van der Waals surface area contributed by atoms with E-state index in [1.807, 2.05) is 48.5 Å². The van der Waals surface area contributed by atoms with Crippen LogP contribution in [-0.4, -0.2) is 19.1 Å². The zero-order chi connectivity index (χ0) is 18.6. The quantitative estimate of drug-likeness (QED) is 0.542. The van der Waals surface area contributed by atoms with E-state index in [0.29, 0.717) is 11.6 Å². The number of amides is 1. The average molecular weight is 375 g/mol. The van der Waals surface area contributed by atoms with Crippen molar-refractivity contribution in [3.05, 3.63) is 59.1 Å². The molecule has 0 fully saturated rings. The number of unbranched alkanes of at least 4 members (excludes halogenated alkanes) is 3. The highest BCUT2D eigenvalue weighted by Crippen LogP contribution is 2.18. The first-order valence-corrected chi connectivity index (χ1v) is 9.53. The molecule has 0 aliphatic heterocycles. The summed E-state index contributed by atoms with van der Waals surface area (Å²) in [4.78, 5) is 12.0. The van der Waals surface area contributed by atoms with Gasteiger partial charge in [0.2, 0.25) is 5.91 Å². The van der Waals surface area contributed by atoms with Gasteiger partial charge in [0.05, 0.1) is 13.2 Å². The first-order chi connectivity index (χ1) is 12.7. The maximum Gasteiger partial charge on any atom is 0.239 e. The van der Waals surface area contributed by atoms with Crippen molar-refractivity contribution < 1.29 is 9.53 Å². The number of anilines is 1. The van der Waals surface area contributed by atoms with Crippen LogP contribution in [0, 0.1) is 0 Å². The van der Waals surface area contributed by atoms with E-state index in [-0.39, 0.29) is 12.5 Å². The maximum atomic E-state index is 12.0. The van der Waals surface area contributed by atoms with Gasteiger partial charge in [-0.1, -0.05) is 62.1 Å². The summed E-state index contributed by atoms with van der Waals surface area (Å²) < 4.78 is 5.76. The number of rotatable bonds is 11. The highest BCUT2D eigenvalue weighted by Gasteiger charge is 2.04. The van der Waals surface area contributed by atoms with Crippen LogP contribution in [0.4, 0.5) is 5.69 Å². The molecule has 0 saturated heterocycles. The van der Waals surface area contributed by atoms with Crippen molar-refractivity contribution in [1.29, 1.82) is 0 Å². The first-order valence-electron chi connectivity index (χ1n) is 9.16. The molecule has 0 aliphatic rings. The number of carbonyl (C=O) groups excluding carboxylic acids is 1. The summed E-state index contributed by atoms with van der Waals surface area (Å²) in [7, 11) is 0. The van der Waals surface area contributed by atoms with Crippen molar-refractivity contribution in [2.24, 2.45) is 0 Å². The van der Waals surface area contributed by atoms with Gasteiger partial charge in [0, 0.05) is 23.3 Å². The number of halogens is 1. The molecule has 1 amide bonds. The Labute approximate surface area is 160 Å². The molecule has 0 aliphatic carbocycles. The summed E-state index contributed by atoms with van der Waals surface area (Å²) >= 11 is 6.09. The minimum Gasteiger partial charge on any atom is -0.494 e. The van der Waals surface area contributed by atoms with Crippen LogP contribution >= 0.6 is 11.6 Å². The minimum absolute atomic E-state index is 0.0872. The van der Waals surface area contributed by atoms with Gasteiger partial charge in [-0.3, -0.25) is 4.79 Å². The summed E-state index contributed by atoms with van der Waals surface area (Å²) in [5.41, 5.74) is 1.77. The molecule has 5 heteroatoms. The van der Waals surface area contributed by atoms with Gasteiger partial charge in [-0.05, 0) is 30.2 Å². The molecule has 4 nitrogen and oxygen atoms in total. The number of ether oxygens (including phenoxy) is 1. The Morgan fingerprint density at radius 1 is 1.08 bits per heavy atom. The smallest absolute Gasteiger partial charge is 0.239 e. The van der Waals surface area contributed by atoms with Crippen LogP contribution in [0.25, 0.3) is 0 Å². The van der Waals surface area contributed by atoms with Gasteiger partial charge in [0.25, 0.3) is 0 Å². The van der Waals surface area contributed by atoms with Crippen LogP contribution in [0.2, 0.25) is 5.02 Å². The van der Waals surface area contributed by atoms with E-state index in [1.165, 1.54) is 19.3 Å². The van der Waals surface area contributed by atoms with E-state index >= 15 is 0 Å². The molecular formula is C21H27ClN2O2. The topological polar surface area (TPSA) is 50.4 Å². The molecule has 0 spiro atoms. The Morgan fingerprint density at radius 3 is 2.73 bits per heavy atom. The molecule has 140 valence electrons. The Morgan fingerprint density at radius 2 is 1.92 bits per heavy atom. The SMILES string of the molecule is CCCCCCOc1cccc(NCC(=O)NCc2ccccc2Cl)c1. The Balaban J connectivity index is 1.72. The molecule has 0 heterocycles. The summed E-state index contributed by atoms with van der Waals surface area (Å²) in [5.74, 6) is 0.735. The zero-order valence-electron chi connectivity index (χ0n) is 15.3. The predicted octanol–water partition coefficient (Wildman–Crippen LogP) is 5.03. The molecule has 0 atom stereocenters. The predicted molar refractivity (Wildman–Crippen MR) is 108 cm³/mol. The lowest BCUT2D eigenvalue weighted by Crippen LogP contribution is -2.29. The van der Waals surface area contributed by atoms with Crippen LogP contribution in [0.5, 0.6) is 5.75 Å². The molecular weight excluding hydrogens is 348 g/mol. The molecule has 0 saturated carbocycles. The van der Waals surface area contributed by atoms with Gasteiger partial charge in [-0.15, -0.1) is 0 Å². The van der Waals surface area contributed by atoms with Crippen molar-refractivity contribution >= 4 is 23.2 Å². The van der Waals surface area contributed by atoms with Gasteiger partial charge in [-0.2, -0.15) is 0 Å². The molecule has 0 bridgehead atoms. The second-order valence-corrected chi connectivity index (χ2v) is 6.57. The summed E-state index contributed by atoms with van der Waals surface area (Å²) in [5, 5.41) is 6.64. The Hall–Kier alpha value is -2.20. The third kappa shape index (κ3) is 7.36. The normalized spacial score (nSPS) is 10.4. The van der Waals surface area contributed by atoms with Gasteiger partial charge in [0.15, 0.2) is 0 Å². The van der Waals surface area contributed by atoms with Crippen molar-refractivity contribution in [2.45, 2.75) is 39.2 Å². The van der Waals surface area contributed by atoms with E-state index in [0.717, 1.165) is 30.0 Å². The van der Waals surface area contributed by atoms with Crippen molar-refractivity contribution in [3.8, 4) is 5.75 Å². The molecule has 0 aromatic heterocycles. The summed E-state index contributed by atoms with van der Waals surface area (Å²) in [6.45, 7) is 3.54. The third-order valence-corrected chi connectivity index (χ3v) is 4.36. The maximum absolute atomic E-state index is 12.0. The Kier molecular flexibility index (Phi) is 8.84. The molecule has 2 rings (SSSR count). The lowest BCUT2D eigenvalue weighted by molar-refractivity contribution is -0.119. The fourth-order valence-electron chi connectivity index (χ4n) is 2.50. The van der Waals surface area contributed by atoms with Crippen molar-refractivity contribution in [2.75, 3.05) is 18.5 Å². The van der Waals surface area contributed by atoms with Crippen LogP contribution in [0.15, 0.2) is 48.5 Å². The number of benzene rings is 2. The van der Waals surface area contributed by atoms with Gasteiger partial charge >= 0.3 is 0 Å². The summed E-state index contributed by atoms with van der Waals surface area (Å²) in [6.07, 6.45) is 4.72. The Bertz CT molecular complexity index is 691. The lowest BCUT2D eigenvalue weighted by Gasteiger charge is -2.11. The van der Waals surface area contributed by atoms with E-state index in [1.54, 1.807) is 0 Å². The van der Waals surface area contributed by atoms with Crippen LogP contribution in [0.3, 0.4) is 0 Å². The third-order valence-electron chi connectivity index (χ3n) is 3.99. The number of carbonyl (C=O) groups is 1. The number of nitrogens with one attached hydrogen (secondary N) is 2. The van der Waals surface area contributed by atoms with Gasteiger partial charge < -0.3 is 15.4 Å². The standard InChI is InChI=1S/C21H27ClN2O2/c1-2-3-4-7-13-26-19-11-8-10-18(14-19)23-16-21(25)24-15-17-9-5-6-12-20(17)22/h5-6,8-12,14,23H,2-4,7,13,15-16H2,1H3,(H,24,25). The minimum atomic E-state index is -0.0872. The number of hydrogen-bond acceptors (Lipinski definition) is 3. The van der Waals surface area contributed by atoms with Gasteiger partial charge in [-0.25, -0.2) is 0 Å². The molecule has 0 unspecified atom stereocenters. The van der Waals surface area contributed by atoms with E-state index in [9.17, 15) is 4.79 Å². The fraction of sp³-hybridized carbons (Fsp3) is 0.381. The average Bonchev–Trinajstić information content (AvgIpc) is 2.66. The van der Waals surface area contributed by atoms with E-state index in [2.05, 4.69) is 17.6 Å². The van der Waals surface area contributed by atoms with Crippen molar-refractivity contribution in [1.82, 2.24) is 5.32 Å². The van der Waals surface area contributed by atoms with E-state index in [4.69, 9.17) is 16.3 Å². The molecule has 2 aromatic carbocycles. The van der Waals surface area contributed by atoms with Gasteiger partial charge in [0.1, 0.15) is 5.75 Å². The molecule has 2 aromatic rings. The largest absolute Gasteiger partial charge is 0.494 e. The monoisotopic (exact) mass is 374 g/mol. The summed E-state index contributed by atoms with van der Waals surface area (Å²) in [6, 6.07) is 15.2. The van der Waals surface area contributed by atoms with Crippen LogP contribution in [0.1, 0.15) is 38.2 Å². The fourth-order valence-corrected chi connectivity index (χ4v) is 2.70. The van der Waals surface area contributed by atoms with E-state index < -0.39 is 0 Å². The van der Waals surface area contributed by atoms with Crippen LogP contribution in [-0.2, 0) is 11.3 Å². The second-order valence-electron chi connectivity index (χ2n) is 6.16. The molecule has 0 radical (unpaired) electrons. The lowest BCUT2D eigenvalue weighted by atomic mass is 10.2. The highest BCUT2D eigenvalue weighted by atomic mass is 35.5. The number of hydrogen-bond donors (Lipinski definition) is 2.